The minimum atomic E-state index is -0.0328. The molecule has 0 radical (unpaired) electrons. The largest absolute Gasteiger partial charge is 0.497 e. The van der Waals surface area contributed by atoms with Gasteiger partial charge in [0.15, 0.2) is 0 Å². The molecular weight excluding hydrogens is 326 g/mol. The molecule has 0 fully saturated rings. The van der Waals surface area contributed by atoms with Crippen molar-refractivity contribution in [3.05, 3.63) is 48.5 Å². The Hall–Kier alpha value is -2.34. The number of hydrogen-bond donors (Lipinski definition) is 1. The molecule has 0 heterocycles. The van der Waals surface area contributed by atoms with Gasteiger partial charge < -0.3 is 19.5 Å². The summed E-state index contributed by atoms with van der Waals surface area (Å²) in [5.41, 5.74) is 0.760. The van der Waals surface area contributed by atoms with E-state index >= 15 is 0 Å². The summed E-state index contributed by atoms with van der Waals surface area (Å²) in [5.74, 6) is 3.44. The summed E-state index contributed by atoms with van der Waals surface area (Å²) in [6.07, 6.45) is 0. The van der Waals surface area contributed by atoms with Gasteiger partial charge in [-0.2, -0.15) is 0 Å². The number of ether oxygens (including phenoxy) is 3. The predicted molar refractivity (Wildman–Crippen MR) is 97.4 cm³/mol. The molecule has 128 valence electrons. The van der Waals surface area contributed by atoms with E-state index in [4.69, 9.17) is 14.2 Å². The van der Waals surface area contributed by atoms with Crippen molar-refractivity contribution in [2.45, 2.75) is 0 Å². The van der Waals surface area contributed by atoms with Crippen molar-refractivity contribution in [2.24, 2.45) is 0 Å². The van der Waals surface area contributed by atoms with E-state index in [1.807, 2.05) is 48.5 Å². The predicted octanol–water partition coefficient (Wildman–Crippen LogP) is 3.45. The standard InChI is InChI=1S/C18H21NO4S/c1-21-15-5-3-14(4-6-15)19-18(20)13-24-12-11-23-17-9-7-16(22-2)8-10-17/h3-10H,11-13H2,1-2H3,(H,19,20). The fourth-order valence-corrected chi connectivity index (χ4v) is 2.53. The van der Waals surface area contributed by atoms with Crippen LogP contribution in [0.1, 0.15) is 0 Å². The number of rotatable bonds is 9. The first kappa shape index (κ1) is 18.0. The number of hydrogen-bond acceptors (Lipinski definition) is 5. The Morgan fingerprint density at radius 1 is 0.917 bits per heavy atom. The molecule has 0 aromatic heterocycles. The first-order chi connectivity index (χ1) is 11.7. The number of amides is 1. The second-order valence-electron chi connectivity index (χ2n) is 4.85. The summed E-state index contributed by atoms with van der Waals surface area (Å²) in [6.45, 7) is 0.548. The lowest BCUT2D eigenvalue weighted by Crippen LogP contribution is -2.15. The Morgan fingerprint density at radius 2 is 1.46 bits per heavy atom. The van der Waals surface area contributed by atoms with Crippen LogP contribution in [0, 0.1) is 0 Å². The van der Waals surface area contributed by atoms with E-state index in [-0.39, 0.29) is 5.91 Å². The lowest BCUT2D eigenvalue weighted by atomic mass is 10.3. The van der Waals surface area contributed by atoms with Gasteiger partial charge in [-0.3, -0.25) is 4.79 Å². The van der Waals surface area contributed by atoms with Crippen molar-refractivity contribution < 1.29 is 19.0 Å². The molecule has 1 amide bonds. The van der Waals surface area contributed by atoms with Crippen LogP contribution in [0.5, 0.6) is 17.2 Å². The molecule has 0 atom stereocenters. The first-order valence-electron chi connectivity index (χ1n) is 7.50. The zero-order chi connectivity index (χ0) is 17.2. The number of carbonyl (C=O) groups is 1. The van der Waals surface area contributed by atoms with Crippen LogP contribution in [0.25, 0.3) is 0 Å². The zero-order valence-electron chi connectivity index (χ0n) is 13.8. The molecule has 2 aromatic rings. The van der Waals surface area contributed by atoms with Crippen LogP contribution in [-0.4, -0.2) is 38.2 Å². The fraction of sp³-hybridized carbons (Fsp3) is 0.278. The molecule has 0 aliphatic rings. The summed E-state index contributed by atoms with van der Waals surface area (Å²) < 4.78 is 15.8. The highest BCUT2D eigenvalue weighted by Gasteiger charge is 2.03. The highest BCUT2D eigenvalue weighted by Crippen LogP contribution is 2.17. The van der Waals surface area contributed by atoms with Gasteiger partial charge in [-0.25, -0.2) is 0 Å². The van der Waals surface area contributed by atoms with E-state index in [9.17, 15) is 4.79 Å². The van der Waals surface area contributed by atoms with Crippen molar-refractivity contribution in [1.82, 2.24) is 0 Å². The summed E-state index contributed by atoms with van der Waals surface area (Å²) >= 11 is 1.53. The number of nitrogens with one attached hydrogen (secondary N) is 1. The fourth-order valence-electron chi connectivity index (χ4n) is 1.93. The zero-order valence-corrected chi connectivity index (χ0v) is 14.6. The third kappa shape index (κ3) is 6.04. The van der Waals surface area contributed by atoms with Crippen LogP contribution < -0.4 is 19.5 Å². The number of methoxy groups -OCH3 is 2. The minimum Gasteiger partial charge on any atom is -0.497 e. The van der Waals surface area contributed by atoms with E-state index in [1.165, 1.54) is 11.8 Å². The normalized spacial score (nSPS) is 10.1. The van der Waals surface area contributed by atoms with E-state index in [0.717, 1.165) is 28.7 Å². The van der Waals surface area contributed by atoms with Crippen LogP contribution in [0.3, 0.4) is 0 Å². The first-order valence-corrected chi connectivity index (χ1v) is 8.65. The molecule has 5 nitrogen and oxygen atoms in total. The van der Waals surface area contributed by atoms with Gasteiger partial charge in [0.25, 0.3) is 0 Å². The summed E-state index contributed by atoms with van der Waals surface area (Å²) in [6, 6.07) is 14.7. The monoisotopic (exact) mass is 347 g/mol. The highest BCUT2D eigenvalue weighted by molar-refractivity contribution is 7.99. The Kier molecular flexibility index (Phi) is 7.29. The molecule has 0 unspecified atom stereocenters. The Balaban J connectivity index is 1.61. The average molecular weight is 347 g/mol. The number of thioether (sulfide) groups is 1. The number of carbonyl (C=O) groups excluding carboxylic acids is 1. The Labute approximate surface area is 146 Å². The van der Waals surface area contributed by atoms with Gasteiger partial charge in [-0.1, -0.05) is 0 Å². The molecular formula is C18H21NO4S. The molecule has 0 spiro atoms. The summed E-state index contributed by atoms with van der Waals surface area (Å²) in [7, 11) is 3.24. The van der Waals surface area contributed by atoms with Gasteiger partial charge in [0, 0.05) is 11.4 Å². The summed E-state index contributed by atoms with van der Waals surface area (Å²) in [4.78, 5) is 11.9. The number of anilines is 1. The lowest BCUT2D eigenvalue weighted by Gasteiger charge is -2.08. The molecule has 0 aliphatic heterocycles. The topological polar surface area (TPSA) is 56.8 Å². The molecule has 0 saturated carbocycles. The SMILES string of the molecule is COc1ccc(NC(=O)CSCCOc2ccc(OC)cc2)cc1. The van der Waals surface area contributed by atoms with Crippen molar-refractivity contribution in [3.63, 3.8) is 0 Å². The van der Waals surface area contributed by atoms with Gasteiger partial charge in [-0.05, 0) is 48.5 Å². The summed E-state index contributed by atoms with van der Waals surface area (Å²) in [5, 5.41) is 2.84. The second kappa shape index (κ2) is 9.72. The highest BCUT2D eigenvalue weighted by atomic mass is 32.2. The second-order valence-corrected chi connectivity index (χ2v) is 5.96. The van der Waals surface area contributed by atoms with E-state index in [0.29, 0.717) is 12.4 Å². The van der Waals surface area contributed by atoms with Gasteiger partial charge >= 0.3 is 0 Å². The third-order valence-corrected chi connectivity index (χ3v) is 4.08. The molecule has 1 N–H and O–H groups in total. The molecule has 0 aliphatic carbocycles. The maximum atomic E-state index is 11.9. The maximum absolute atomic E-state index is 11.9. The molecule has 24 heavy (non-hydrogen) atoms. The third-order valence-electron chi connectivity index (χ3n) is 3.16. The van der Waals surface area contributed by atoms with E-state index in [1.54, 1.807) is 14.2 Å². The molecule has 6 heteroatoms. The lowest BCUT2D eigenvalue weighted by molar-refractivity contribution is -0.113. The molecule has 0 saturated heterocycles. The van der Waals surface area contributed by atoms with E-state index < -0.39 is 0 Å². The van der Waals surface area contributed by atoms with Crippen molar-refractivity contribution in [3.8, 4) is 17.2 Å². The molecule has 2 rings (SSSR count). The van der Waals surface area contributed by atoms with Gasteiger partial charge in [0.1, 0.15) is 17.2 Å². The van der Waals surface area contributed by atoms with Crippen LogP contribution in [0.15, 0.2) is 48.5 Å². The Bertz CT molecular complexity index is 628. The van der Waals surface area contributed by atoms with Crippen LogP contribution >= 0.6 is 11.8 Å². The molecule has 0 bridgehead atoms. The quantitative estimate of drug-likeness (QED) is 0.704. The van der Waals surface area contributed by atoms with Crippen molar-refractivity contribution in [2.75, 3.05) is 37.6 Å². The molecule has 2 aromatic carbocycles. The van der Waals surface area contributed by atoms with E-state index in [2.05, 4.69) is 5.32 Å². The average Bonchev–Trinajstić information content (AvgIpc) is 2.62. The van der Waals surface area contributed by atoms with Crippen molar-refractivity contribution in [1.29, 1.82) is 0 Å². The van der Waals surface area contributed by atoms with Crippen molar-refractivity contribution >= 4 is 23.4 Å². The van der Waals surface area contributed by atoms with Gasteiger partial charge in [-0.15, -0.1) is 11.8 Å². The van der Waals surface area contributed by atoms with Crippen LogP contribution in [-0.2, 0) is 4.79 Å². The van der Waals surface area contributed by atoms with Gasteiger partial charge in [0.05, 0.1) is 26.6 Å². The van der Waals surface area contributed by atoms with Gasteiger partial charge in [0.2, 0.25) is 5.91 Å². The minimum absolute atomic E-state index is 0.0328. The van der Waals surface area contributed by atoms with Crippen LogP contribution in [0.2, 0.25) is 0 Å². The Morgan fingerprint density at radius 3 is 2.04 bits per heavy atom. The smallest absolute Gasteiger partial charge is 0.234 e. The maximum Gasteiger partial charge on any atom is 0.234 e. The van der Waals surface area contributed by atoms with Crippen LogP contribution in [0.4, 0.5) is 5.69 Å². The number of benzene rings is 2.